The van der Waals surface area contributed by atoms with Crippen LogP contribution >= 0.6 is 0 Å². The second-order valence-electron chi connectivity index (χ2n) is 3.51. The molecule has 0 aromatic carbocycles. The first-order valence-corrected chi connectivity index (χ1v) is 4.25. The minimum atomic E-state index is -0.00694. The number of rotatable bonds is 1. The van der Waals surface area contributed by atoms with Gasteiger partial charge in [0.2, 0.25) is 0 Å². The molecule has 1 rings (SSSR count). The van der Waals surface area contributed by atoms with Gasteiger partial charge < -0.3 is 10.4 Å². The first-order valence-electron chi connectivity index (χ1n) is 4.25. The lowest BCUT2D eigenvalue weighted by Gasteiger charge is -2.33. The Hall–Kier alpha value is -0.500. The molecule has 2 nitrogen and oxygen atoms in total. The lowest BCUT2D eigenvalue weighted by Crippen LogP contribution is -2.39. The average Bonchev–Trinajstić information content (AvgIpc) is 2.04. The summed E-state index contributed by atoms with van der Waals surface area (Å²) in [4.78, 5) is 0. The topological polar surface area (TPSA) is 32.3 Å². The minimum Gasteiger partial charge on any atom is -0.512 e. The zero-order valence-corrected chi connectivity index (χ0v) is 7.35. The van der Waals surface area contributed by atoms with Crippen molar-refractivity contribution < 1.29 is 5.11 Å². The lowest BCUT2D eigenvalue weighted by atomic mass is 9.81. The van der Waals surface area contributed by atoms with Crippen LogP contribution in [0.5, 0.6) is 0 Å². The van der Waals surface area contributed by atoms with Gasteiger partial charge in [-0.05, 0) is 32.4 Å². The Bertz CT molecular complexity index is 157. The van der Waals surface area contributed by atoms with Crippen LogP contribution in [0.2, 0.25) is 0 Å². The van der Waals surface area contributed by atoms with Gasteiger partial charge in [-0.1, -0.05) is 6.92 Å². The van der Waals surface area contributed by atoms with Gasteiger partial charge in [0, 0.05) is 12.0 Å². The highest BCUT2D eigenvalue weighted by molar-refractivity contribution is 5.06. The molecule has 0 aromatic rings. The van der Waals surface area contributed by atoms with E-state index in [0.717, 1.165) is 25.9 Å². The van der Waals surface area contributed by atoms with Gasteiger partial charge in [-0.15, -0.1) is 0 Å². The van der Waals surface area contributed by atoms with E-state index in [1.165, 1.54) is 0 Å². The molecule has 0 radical (unpaired) electrons. The molecular formula is C9H17NO. The molecule has 0 saturated carbocycles. The predicted octanol–water partition coefficient (Wildman–Crippen LogP) is 1.84. The molecule has 1 saturated heterocycles. The zero-order valence-electron chi connectivity index (χ0n) is 7.35. The second-order valence-corrected chi connectivity index (χ2v) is 3.51. The van der Waals surface area contributed by atoms with Crippen LogP contribution in [0.3, 0.4) is 0 Å². The maximum atomic E-state index is 9.56. The number of aliphatic hydroxyl groups excluding tert-OH is 1. The number of nitrogens with one attached hydrogen (secondary N) is 1. The smallest absolute Gasteiger partial charge is 0.0951 e. The largest absolute Gasteiger partial charge is 0.512 e. The van der Waals surface area contributed by atoms with E-state index in [2.05, 4.69) is 12.2 Å². The average molecular weight is 155 g/mol. The third-order valence-electron chi connectivity index (χ3n) is 2.49. The molecule has 1 unspecified atom stereocenters. The van der Waals surface area contributed by atoms with E-state index in [1.807, 2.05) is 6.92 Å². The molecule has 1 aliphatic rings. The number of aliphatic hydroxyl groups is 1. The fourth-order valence-corrected chi connectivity index (χ4v) is 1.62. The lowest BCUT2D eigenvalue weighted by molar-refractivity contribution is 0.190. The number of hydrogen-bond acceptors (Lipinski definition) is 2. The molecule has 2 N–H and O–H groups in total. The number of hydrogen-bond donors (Lipinski definition) is 2. The van der Waals surface area contributed by atoms with Crippen molar-refractivity contribution in [2.75, 3.05) is 13.1 Å². The summed E-state index contributed by atoms with van der Waals surface area (Å²) in [5.74, 6) is 0.532. The minimum absolute atomic E-state index is 0.00694. The van der Waals surface area contributed by atoms with Crippen molar-refractivity contribution in [3.63, 3.8) is 0 Å². The Labute approximate surface area is 68.3 Å². The summed E-state index contributed by atoms with van der Waals surface area (Å²) in [7, 11) is 0. The van der Waals surface area contributed by atoms with E-state index >= 15 is 0 Å². The third-order valence-corrected chi connectivity index (χ3v) is 2.49. The van der Waals surface area contributed by atoms with Crippen molar-refractivity contribution in [3.05, 3.63) is 11.8 Å². The predicted molar refractivity (Wildman–Crippen MR) is 46.6 cm³/mol. The molecule has 0 bridgehead atoms. The van der Waals surface area contributed by atoms with Gasteiger partial charge in [0.1, 0.15) is 0 Å². The molecule has 0 spiro atoms. The number of allylic oxidation sites excluding steroid dienone is 1. The van der Waals surface area contributed by atoms with E-state index in [1.54, 1.807) is 6.08 Å². The monoisotopic (exact) mass is 155 g/mol. The van der Waals surface area contributed by atoms with Crippen molar-refractivity contribution in [1.82, 2.24) is 5.32 Å². The summed E-state index contributed by atoms with van der Waals surface area (Å²) in [5, 5.41) is 12.9. The highest BCUT2D eigenvalue weighted by Crippen LogP contribution is 2.31. The van der Waals surface area contributed by atoms with Crippen LogP contribution in [-0.4, -0.2) is 18.2 Å². The third kappa shape index (κ3) is 1.74. The van der Waals surface area contributed by atoms with Gasteiger partial charge in [0.25, 0.3) is 0 Å². The normalized spacial score (nSPS) is 33.8. The van der Waals surface area contributed by atoms with Crippen LogP contribution in [0.4, 0.5) is 0 Å². The molecule has 64 valence electrons. The maximum Gasteiger partial charge on any atom is 0.0951 e. The van der Waals surface area contributed by atoms with Crippen molar-refractivity contribution in [1.29, 1.82) is 0 Å². The Morgan fingerprint density at radius 2 is 2.36 bits per heavy atom. The van der Waals surface area contributed by atoms with Gasteiger partial charge in [0.05, 0.1) is 5.76 Å². The quantitative estimate of drug-likeness (QED) is 0.566. The zero-order chi connectivity index (χ0) is 8.32. The van der Waals surface area contributed by atoms with Crippen LogP contribution in [0.1, 0.15) is 26.7 Å². The summed E-state index contributed by atoms with van der Waals surface area (Å²) >= 11 is 0. The van der Waals surface area contributed by atoms with Gasteiger partial charge in [-0.2, -0.15) is 0 Å². The van der Waals surface area contributed by atoms with E-state index in [9.17, 15) is 5.11 Å². The van der Waals surface area contributed by atoms with Crippen molar-refractivity contribution in [2.45, 2.75) is 26.7 Å². The van der Waals surface area contributed by atoms with E-state index < -0.39 is 0 Å². The van der Waals surface area contributed by atoms with Crippen LogP contribution < -0.4 is 5.32 Å². The Morgan fingerprint density at radius 3 is 2.82 bits per heavy atom. The highest BCUT2D eigenvalue weighted by Gasteiger charge is 2.30. The summed E-state index contributed by atoms with van der Waals surface area (Å²) in [6.07, 6.45) is 4.05. The van der Waals surface area contributed by atoms with Crippen LogP contribution in [0.25, 0.3) is 0 Å². The molecule has 11 heavy (non-hydrogen) atoms. The van der Waals surface area contributed by atoms with Gasteiger partial charge in [-0.3, -0.25) is 0 Å². The molecular weight excluding hydrogens is 138 g/mol. The maximum absolute atomic E-state index is 9.56. The van der Waals surface area contributed by atoms with Gasteiger partial charge in [-0.25, -0.2) is 0 Å². The molecule has 0 aromatic heterocycles. The Morgan fingerprint density at radius 1 is 1.64 bits per heavy atom. The molecule has 1 heterocycles. The standard InChI is InChI=1S/C9H17NO/c1-3-8(11)9(2)5-4-6-10-7-9/h3,10-11H,4-7H2,1-2H3. The first-order chi connectivity index (χ1) is 5.19. The summed E-state index contributed by atoms with van der Waals surface area (Å²) in [6, 6.07) is 0. The fraction of sp³-hybridized carbons (Fsp3) is 0.778. The van der Waals surface area contributed by atoms with Crippen LogP contribution in [0.15, 0.2) is 11.8 Å². The van der Waals surface area contributed by atoms with E-state index in [0.29, 0.717) is 5.76 Å². The van der Waals surface area contributed by atoms with E-state index in [4.69, 9.17) is 0 Å². The SMILES string of the molecule is CC=C(O)C1(C)CCCNC1. The van der Waals surface area contributed by atoms with Gasteiger partial charge >= 0.3 is 0 Å². The Kier molecular flexibility index (Phi) is 2.55. The molecule has 1 fully saturated rings. The molecule has 1 atom stereocenters. The van der Waals surface area contributed by atoms with Crippen LogP contribution in [0, 0.1) is 5.41 Å². The van der Waals surface area contributed by atoms with Crippen LogP contribution in [-0.2, 0) is 0 Å². The van der Waals surface area contributed by atoms with Crippen molar-refractivity contribution in [2.24, 2.45) is 5.41 Å². The first kappa shape index (κ1) is 8.60. The molecule has 0 aliphatic carbocycles. The summed E-state index contributed by atoms with van der Waals surface area (Å²) < 4.78 is 0. The Balaban J connectivity index is 2.64. The van der Waals surface area contributed by atoms with Crippen molar-refractivity contribution in [3.8, 4) is 0 Å². The number of piperidine rings is 1. The molecule has 0 amide bonds. The fourth-order valence-electron chi connectivity index (χ4n) is 1.62. The van der Waals surface area contributed by atoms with Gasteiger partial charge in [0.15, 0.2) is 0 Å². The van der Waals surface area contributed by atoms with E-state index in [-0.39, 0.29) is 5.41 Å². The summed E-state index contributed by atoms with van der Waals surface area (Å²) in [6.45, 7) is 5.99. The molecule has 2 heteroatoms. The highest BCUT2D eigenvalue weighted by atomic mass is 16.3. The second kappa shape index (κ2) is 3.26. The molecule has 1 aliphatic heterocycles. The van der Waals surface area contributed by atoms with Crippen molar-refractivity contribution >= 4 is 0 Å². The summed E-state index contributed by atoms with van der Waals surface area (Å²) in [5.41, 5.74) is -0.00694.